The summed E-state index contributed by atoms with van der Waals surface area (Å²) in [5.41, 5.74) is 1.76. The van der Waals surface area contributed by atoms with Gasteiger partial charge in [0.15, 0.2) is 0 Å². The normalized spacial score (nSPS) is 11.5. The van der Waals surface area contributed by atoms with E-state index >= 15 is 0 Å². The van der Waals surface area contributed by atoms with Crippen LogP contribution in [0.1, 0.15) is 32.4 Å². The maximum atomic E-state index is 12.0. The Kier molecular flexibility index (Phi) is 7.04. The highest BCUT2D eigenvalue weighted by Gasteiger charge is 2.13. The average Bonchev–Trinajstić information content (AvgIpc) is 2.86. The number of aromatic nitrogens is 3. The zero-order valence-corrected chi connectivity index (χ0v) is 14.5. The van der Waals surface area contributed by atoms with Crippen LogP contribution in [0.4, 0.5) is 0 Å². The van der Waals surface area contributed by atoms with Crippen LogP contribution in [0.15, 0.2) is 53.4 Å². The minimum absolute atomic E-state index is 0.0184. The molecule has 0 saturated heterocycles. The molecular weight excluding hydrogens is 306 g/mol. The molecule has 0 aliphatic heterocycles. The summed E-state index contributed by atoms with van der Waals surface area (Å²) in [4.78, 5) is 18.7. The lowest BCUT2D eigenvalue weighted by Crippen LogP contribution is -2.19. The van der Waals surface area contributed by atoms with Crippen LogP contribution in [0, 0.1) is 6.92 Å². The number of aromatic amines is 1. The van der Waals surface area contributed by atoms with Crippen molar-refractivity contribution in [2.45, 2.75) is 40.2 Å². The van der Waals surface area contributed by atoms with Crippen molar-refractivity contribution in [1.29, 1.82) is 0 Å². The zero-order chi connectivity index (χ0) is 18.3. The highest BCUT2D eigenvalue weighted by atomic mass is 16.3. The zero-order valence-electron chi connectivity index (χ0n) is 14.5. The smallest absolute Gasteiger partial charge is 0.326 e. The number of nitrogens with zero attached hydrogens (tertiary/aromatic N) is 2. The van der Waals surface area contributed by atoms with E-state index in [2.05, 4.69) is 37.0 Å². The number of unbranched alkanes of at least 4 members (excludes halogenated alkanes) is 1. The first kappa shape index (κ1) is 19.3. The molecule has 130 valence electrons. The largest absolute Gasteiger partial charge is 0.508 e. The van der Waals surface area contributed by atoms with Gasteiger partial charge in [0.05, 0.1) is 29.3 Å². The van der Waals surface area contributed by atoms with Gasteiger partial charge >= 0.3 is 5.69 Å². The summed E-state index contributed by atoms with van der Waals surface area (Å²) in [5.74, 6) is -0.529. The average molecular weight is 331 g/mol. The van der Waals surface area contributed by atoms with Crippen molar-refractivity contribution in [1.82, 2.24) is 14.5 Å². The number of allylic oxidation sites excluding steroid dienone is 2. The summed E-state index contributed by atoms with van der Waals surface area (Å²) < 4.78 is 1.39. The molecule has 0 atom stereocenters. The van der Waals surface area contributed by atoms with Crippen molar-refractivity contribution < 1.29 is 10.2 Å². The van der Waals surface area contributed by atoms with E-state index in [1.54, 1.807) is 12.3 Å². The molecule has 0 amide bonds. The second-order valence-corrected chi connectivity index (χ2v) is 5.37. The summed E-state index contributed by atoms with van der Waals surface area (Å²) >= 11 is 0. The quantitative estimate of drug-likeness (QED) is 0.572. The molecule has 2 aromatic heterocycles. The topological polar surface area (TPSA) is 91.1 Å². The SMILES string of the molecule is C=C/C(O)=C(/Cn1c(=O)[nH]c2cnc(C)cc21)C(=C)O.CCCC. The van der Waals surface area contributed by atoms with Gasteiger partial charge in [0, 0.05) is 5.69 Å². The number of aliphatic hydroxyl groups is 2. The van der Waals surface area contributed by atoms with Crippen LogP contribution in [0.5, 0.6) is 0 Å². The molecule has 0 saturated carbocycles. The standard InChI is InChI=1S/C14H15N3O3.C4H10/c1-4-13(19)10(9(3)18)7-17-12-5-8(2)15-6-11(12)16-14(17)20;1-3-4-2/h4-6,18-19H,1,3,7H2,2H3,(H,16,20);3-4H2,1-2H3/b13-10+;. The van der Waals surface area contributed by atoms with Crippen molar-refractivity contribution in [3.63, 3.8) is 0 Å². The lowest BCUT2D eigenvalue weighted by atomic mass is 10.2. The molecular formula is C18H25N3O3. The fraction of sp³-hybridized carbons (Fsp3) is 0.333. The lowest BCUT2D eigenvalue weighted by molar-refractivity contribution is 0.385. The van der Waals surface area contributed by atoms with Crippen molar-refractivity contribution in [2.24, 2.45) is 0 Å². The minimum atomic E-state index is -0.358. The number of nitrogens with one attached hydrogen (secondary N) is 1. The highest BCUT2D eigenvalue weighted by molar-refractivity contribution is 5.74. The van der Waals surface area contributed by atoms with E-state index in [1.807, 2.05) is 6.92 Å². The van der Waals surface area contributed by atoms with Gasteiger partial charge in [-0.3, -0.25) is 9.55 Å². The lowest BCUT2D eigenvalue weighted by Gasteiger charge is -2.09. The van der Waals surface area contributed by atoms with Crippen LogP contribution < -0.4 is 5.69 Å². The van der Waals surface area contributed by atoms with Crippen LogP contribution in [0.3, 0.4) is 0 Å². The van der Waals surface area contributed by atoms with E-state index < -0.39 is 0 Å². The number of rotatable bonds is 5. The maximum Gasteiger partial charge on any atom is 0.326 e. The molecule has 2 rings (SSSR count). The van der Waals surface area contributed by atoms with Gasteiger partial charge in [0.1, 0.15) is 11.5 Å². The van der Waals surface area contributed by atoms with Crippen molar-refractivity contribution >= 4 is 11.0 Å². The number of aliphatic hydroxyl groups excluding tert-OH is 2. The second-order valence-electron chi connectivity index (χ2n) is 5.37. The Morgan fingerprint density at radius 3 is 2.50 bits per heavy atom. The molecule has 0 aliphatic carbocycles. The van der Waals surface area contributed by atoms with Gasteiger partial charge in [-0.05, 0) is 19.1 Å². The molecule has 0 fully saturated rings. The molecule has 0 bridgehead atoms. The maximum absolute atomic E-state index is 12.0. The van der Waals surface area contributed by atoms with E-state index in [1.165, 1.54) is 23.5 Å². The molecule has 0 spiro atoms. The number of aryl methyl sites for hydroxylation is 1. The van der Waals surface area contributed by atoms with Crippen LogP contribution in [-0.2, 0) is 6.54 Å². The first-order valence-electron chi connectivity index (χ1n) is 7.83. The van der Waals surface area contributed by atoms with Gasteiger partial charge in [0.2, 0.25) is 0 Å². The van der Waals surface area contributed by atoms with E-state index in [-0.39, 0.29) is 29.3 Å². The Bertz CT molecular complexity index is 811. The monoisotopic (exact) mass is 331 g/mol. The third kappa shape index (κ3) is 4.62. The Morgan fingerprint density at radius 2 is 2.00 bits per heavy atom. The second kappa shape index (κ2) is 8.76. The first-order valence-corrected chi connectivity index (χ1v) is 7.83. The van der Waals surface area contributed by atoms with E-state index in [0.29, 0.717) is 11.0 Å². The molecule has 24 heavy (non-hydrogen) atoms. The molecule has 0 aromatic carbocycles. The summed E-state index contributed by atoms with van der Waals surface area (Å²) in [6.07, 6.45) is 5.39. The van der Waals surface area contributed by atoms with Crippen LogP contribution >= 0.6 is 0 Å². The Labute approximate surface area is 141 Å². The molecule has 6 heteroatoms. The van der Waals surface area contributed by atoms with Crippen LogP contribution in [-0.4, -0.2) is 24.7 Å². The summed E-state index contributed by atoms with van der Waals surface area (Å²) in [7, 11) is 0. The molecule has 3 N–H and O–H groups in total. The number of hydrogen-bond acceptors (Lipinski definition) is 4. The van der Waals surface area contributed by atoms with Gasteiger partial charge in [-0.2, -0.15) is 0 Å². The predicted octanol–water partition coefficient (Wildman–Crippen LogP) is 3.91. The molecule has 2 heterocycles. The summed E-state index contributed by atoms with van der Waals surface area (Å²) in [6.45, 7) is 13.0. The number of pyridine rings is 1. The van der Waals surface area contributed by atoms with Crippen molar-refractivity contribution in [2.75, 3.05) is 0 Å². The third-order valence-corrected chi connectivity index (χ3v) is 3.46. The number of imidazole rings is 1. The fourth-order valence-corrected chi connectivity index (χ4v) is 1.92. The van der Waals surface area contributed by atoms with Crippen molar-refractivity contribution in [3.8, 4) is 0 Å². The van der Waals surface area contributed by atoms with Gasteiger partial charge in [0.25, 0.3) is 0 Å². The first-order chi connectivity index (χ1) is 11.3. The highest BCUT2D eigenvalue weighted by Crippen LogP contribution is 2.16. The van der Waals surface area contributed by atoms with Gasteiger partial charge in [-0.15, -0.1) is 0 Å². The van der Waals surface area contributed by atoms with E-state index in [9.17, 15) is 15.0 Å². The fourth-order valence-electron chi connectivity index (χ4n) is 1.92. The van der Waals surface area contributed by atoms with Gasteiger partial charge in [-0.1, -0.05) is 39.8 Å². The Hall–Kier alpha value is -2.76. The number of fused-ring (bicyclic) bond motifs is 1. The Balaban J connectivity index is 0.000000648. The van der Waals surface area contributed by atoms with Gasteiger partial charge < -0.3 is 15.2 Å². The Morgan fingerprint density at radius 1 is 1.38 bits per heavy atom. The summed E-state index contributed by atoms with van der Waals surface area (Å²) in [5, 5.41) is 19.2. The third-order valence-electron chi connectivity index (χ3n) is 3.46. The minimum Gasteiger partial charge on any atom is -0.508 e. The number of hydrogen-bond donors (Lipinski definition) is 3. The predicted molar refractivity (Wildman–Crippen MR) is 97.3 cm³/mol. The molecule has 2 aromatic rings. The van der Waals surface area contributed by atoms with Crippen LogP contribution in [0.2, 0.25) is 0 Å². The van der Waals surface area contributed by atoms with Crippen molar-refractivity contribution in [3.05, 3.63) is 64.8 Å². The molecule has 6 nitrogen and oxygen atoms in total. The van der Waals surface area contributed by atoms with E-state index in [4.69, 9.17) is 0 Å². The van der Waals surface area contributed by atoms with Crippen LogP contribution in [0.25, 0.3) is 11.0 Å². The molecule has 0 radical (unpaired) electrons. The van der Waals surface area contributed by atoms with Gasteiger partial charge in [-0.25, -0.2) is 4.79 Å². The number of H-pyrrole nitrogens is 1. The summed E-state index contributed by atoms with van der Waals surface area (Å²) in [6, 6.07) is 1.75. The molecule has 0 aliphatic rings. The van der Waals surface area contributed by atoms with E-state index in [0.717, 1.165) is 5.69 Å². The molecule has 0 unspecified atom stereocenters.